The first kappa shape index (κ1) is 14.6. The lowest BCUT2D eigenvalue weighted by Gasteiger charge is -2.53. The van der Waals surface area contributed by atoms with Crippen LogP contribution in [-0.4, -0.2) is 33.4 Å². The van der Waals surface area contributed by atoms with Crippen LogP contribution in [0.5, 0.6) is 0 Å². The molecule has 1 saturated heterocycles. The fourth-order valence-corrected chi connectivity index (χ4v) is 6.56. The van der Waals surface area contributed by atoms with Gasteiger partial charge in [-0.3, -0.25) is 4.79 Å². The number of amides is 1. The minimum atomic E-state index is 0.287. The van der Waals surface area contributed by atoms with Crippen molar-refractivity contribution in [1.29, 1.82) is 0 Å². The van der Waals surface area contributed by atoms with E-state index in [1.807, 2.05) is 30.3 Å². The van der Waals surface area contributed by atoms with Crippen LogP contribution in [0.3, 0.4) is 0 Å². The molecule has 3 fully saturated rings. The third-order valence-electron chi connectivity index (χ3n) is 5.65. The van der Waals surface area contributed by atoms with Crippen molar-refractivity contribution >= 4 is 17.7 Å². The summed E-state index contributed by atoms with van der Waals surface area (Å²) in [7, 11) is 0. The van der Waals surface area contributed by atoms with Gasteiger partial charge in [-0.25, -0.2) is 0 Å². The summed E-state index contributed by atoms with van der Waals surface area (Å²) in [5.74, 6) is 0.287. The van der Waals surface area contributed by atoms with Crippen molar-refractivity contribution in [1.82, 2.24) is 4.90 Å². The molecule has 1 aliphatic heterocycles. The van der Waals surface area contributed by atoms with Crippen LogP contribution in [0.1, 0.15) is 61.7 Å². The second-order valence-corrected chi connectivity index (χ2v) is 8.48. The number of thioether (sulfide) groups is 1. The third kappa shape index (κ3) is 2.58. The van der Waals surface area contributed by atoms with E-state index in [0.29, 0.717) is 22.6 Å². The van der Waals surface area contributed by atoms with Gasteiger partial charge in [0.25, 0.3) is 5.91 Å². The van der Waals surface area contributed by atoms with Crippen LogP contribution in [0.15, 0.2) is 30.3 Å². The van der Waals surface area contributed by atoms with Crippen LogP contribution in [0, 0.1) is 0 Å². The van der Waals surface area contributed by atoms with E-state index in [9.17, 15) is 4.79 Å². The molecule has 3 heteroatoms. The van der Waals surface area contributed by atoms with Crippen LogP contribution >= 0.6 is 11.8 Å². The van der Waals surface area contributed by atoms with Crippen LogP contribution in [0.4, 0.5) is 0 Å². The lowest BCUT2D eigenvalue weighted by atomic mass is 9.86. The van der Waals surface area contributed by atoms with Crippen molar-refractivity contribution in [2.75, 3.05) is 0 Å². The smallest absolute Gasteiger partial charge is 0.254 e. The number of fused-ring (bicyclic) bond motifs is 2. The summed E-state index contributed by atoms with van der Waals surface area (Å²) in [6.45, 7) is 0. The van der Waals surface area contributed by atoms with Crippen LogP contribution in [0.2, 0.25) is 0 Å². The molecule has 2 nitrogen and oxygen atoms in total. The Labute approximate surface area is 137 Å². The summed E-state index contributed by atoms with van der Waals surface area (Å²) in [5, 5.41) is 1.36. The molecule has 1 aromatic rings. The van der Waals surface area contributed by atoms with Crippen molar-refractivity contribution in [3.8, 4) is 0 Å². The molecule has 1 heterocycles. The van der Waals surface area contributed by atoms with Crippen LogP contribution in [0.25, 0.3) is 0 Å². The van der Waals surface area contributed by atoms with Gasteiger partial charge in [0.05, 0.1) is 0 Å². The standard InChI is InChI=1S/C19H25NOS/c21-19(14-8-2-1-3-9-14)20-15-10-4-6-12-17(15)22-18-13-7-5-11-16(18)20/h1-3,8-9,15-18H,4-7,10-13H2. The first-order valence-electron chi connectivity index (χ1n) is 8.88. The number of rotatable bonds is 1. The summed E-state index contributed by atoms with van der Waals surface area (Å²) in [6, 6.07) is 10.9. The molecular weight excluding hydrogens is 290 g/mol. The zero-order chi connectivity index (χ0) is 14.9. The Bertz CT molecular complexity index is 509. The van der Waals surface area contributed by atoms with Gasteiger partial charge in [0.1, 0.15) is 0 Å². The molecule has 2 aliphatic carbocycles. The molecule has 4 atom stereocenters. The second-order valence-electron chi connectivity index (χ2n) is 7.00. The number of hydrogen-bond donors (Lipinski definition) is 0. The van der Waals surface area contributed by atoms with Gasteiger partial charge in [-0.2, -0.15) is 11.8 Å². The van der Waals surface area contributed by atoms with E-state index >= 15 is 0 Å². The highest BCUT2D eigenvalue weighted by Gasteiger charge is 2.46. The molecule has 4 unspecified atom stereocenters. The average molecular weight is 315 g/mol. The van der Waals surface area contributed by atoms with Crippen LogP contribution < -0.4 is 0 Å². The molecule has 4 rings (SSSR count). The predicted molar refractivity (Wildman–Crippen MR) is 92.3 cm³/mol. The zero-order valence-electron chi connectivity index (χ0n) is 13.1. The first-order chi connectivity index (χ1) is 10.8. The maximum atomic E-state index is 13.2. The minimum Gasteiger partial charge on any atom is -0.330 e. The van der Waals surface area contributed by atoms with Crippen molar-refractivity contribution in [2.45, 2.75) is 74.0 Å². The highest BCUT2D eigenvalue weighted by molar-refractivity contribution is 8.00. The number of nitrogens with zero attached hydrogens (tertiary/aromatic N) is 1. The van der Waals surface area contributed by atoms with E-state index in [2.05, 4.69) is 16.7 Å². The molecule has 118 valence electrons. The topological polar surface area (TPSA) is 20.3 Å². The highest BCUT2D eigenvalue weighted by Crippen LogP contribution is 2.46. The van der Waals surface area contributed by atoms with Crippen molar-refractivity contribution in [3.05, 3.63) is 35.9 Å². The first-order valence-corrected chi connectivity index (χ1v) is 9.82. The second kappa shape index (κ2) is 6.27. The maximum absolute atomic E-state index is 13.2. The summed E-state index contributed by atoms with van der Waals surface area (Å²) in [4.78, 5) is 15.6. The molecule has 1 amide bonds. The maximum Gasteiger partial charge on any atom is 0.254 e. The summed E-state index contributed by atoms with van der Waals surface area (Å²) in [6.07, 6.45) is 10.3. The van der Waals surface area contributed by atoms with Crippen molar-refractivity contribution < 1.29 is 4.79 Å². The van der Waals surface area contributed by atoms with E-state index in [-0.39, 0.29) is 5.91 Å². The minimum absolute atomic E-state index is 0.287. The van der Waals surface area contributed by atoms with Gasteiger partial charge in [-0.1, -0.05) is 43.9 Å². The average Bonchev–Trinajstić information content (AvgIpc) is 2.60. The van der Waals surface area contributed by atoms with E-state index in [1.54, 1.807) is 0 Å². The number of carbonyl (C=O) groups is 1. The van der Waals surface area contributed by atoms with Gasteiger partial charge < -0.3 is 4.90 Å². The lowest BCUT2D eigenvalue weighted by molar-refractivity contribution is 0.0437. The third-order valence-corrected chi connectivity index (χ3v) is 7.45. The van der Waals surface area contributed by atoms with Gasteiger partial charge in [0, 0.05) is 28.1 Å². The Balaban J connectivity index is 1.67. The predicted octanol–water partition coefficient (Wildman–Crippen LogP) is 4.50. The SMILES string of the molecule is O=C(c1ccccc1)N1C2CCCCC2SC2CCCCC21. The molecule has 0 bridgehead atoms. The van der Waals surface area contributed by atoms with Gasteiger partial charge in [0.15, 0.2) is 0 Å². The highest BCUT2D eigenvalue weighted by atomic mass is 32.2. The van der Waals surface area contributed by atoms with E-state index < -0.39 is 0 Å². The van der Waals surface area contributed by atoms with Gasteiger partial charge >= 0.3 is 0 Å². The molecular formula is C19H25NOS. The fourth-order valence-electron chi connectivity index (χ4n) is 4.61. The van der Waals surface area contributed by atoms with Crippen molar-refractivity contribution in [3.63, 3.8) is 0 Å². The summed E-state index contributed by atoms with van der Waals surface area (Å²) < 4.78 is 0. The van der Waals surface area contributed by atoms with Gasteiger partial charge in [0.2, 0.25) is 0 Å². The van der Waals surface area contributed by atoms with Gasteiger partial charge in [-0.15, -0.1) is 0 Å². The summed E-state index contributed by atoms with van der Waals surface area (Å²) >= 11 is 2.22. The lowest BCUT2D eigenvalue weighted by Crippen LogP contribution is -2.60. The molecule has 22 heavy (non-hydrogen) atoms. The normalized spacial score (nSPS) is 34.6. The van der Waals surface area contributed by atoms with Crippen LogP contribution in [-0.2, 0) is 0 Å². The molecule has 0 spiro atoms. The van der Waals surface area contributed by atoms with E-state index in [0.717, 1.165) is 5.56 Å². The monoisotopic (exact) mass is 315 g/mol. The quantitative estimate of drug-likeness (QED) is 0.760. The molecule has 0 N–H and O–H groups in total. The van der Waals surface area contributed by atoms with Crippen molar-refractivity contribution in [2.24, 2.45) is 0 Å². The molecule has 0 radical (unpaired) electrons. The van der Waals surface area contributed by atoms with Gasteiger partial charge in [-0.05, 0) is 37.8 Å². The Morgan fingerprint density at radius 2 is 1.41 bits per heavy atom. The Morgan fingerprint density at radius 1 is 0.864 bits per heavy atom. The number of benzene rings is 1. The Kier molecular flexibility index (Phi) is 4.17. The molecule has 0 aromatic heterocycles. The molecule has 2 saturated carbocycles. The fraction of sp³-hybridized carbons (Fsp3) is 0.632. The van der Waals surface area contributed by atoms with E-state index in [4.69, 9.17) is 0 Å². The Hall–Kier alpha value is -0.960. The van der Waals surface area contributed by atoms with E-state index in [1.165, 1.54) is 51.4 Å². The number of hydrogen-bond acceptors (Lipinski definition) is 2. The molecule has 3 aliphatic rings. The zero-order valence-corrected chi connectivity index (χ0v) is 13.9. The Morgan fingerprint density at radius 3 is 2.00 bits per heavy atom. The molecule has 1 aromatic carbocycles. The number of carbonyl (C=O) groups excluding carboxylic acids is 1. The summed E-state index contributed by atoms with van der Waals surface area (Å²) in [5.41, 5.74) is 0.878. The largest absolute Gasteiger partial charge is 0.330 e.